The SMILES string of the molecule is CC(C)CC/C=C/CCCCCCCC(C)C. The van der Waals surface area contributed by atoms with E-state index in [2.05, 4.69) is 39.8 Å². The third-order valence-corrected chi connectivity index (χ3v) is 3.23. The lowest BCUT2D eigenvalue weighted by Crippen LogP contribution is -1.87. The van der Waals surface area contributed by atoms with Gasteiger partial charge in [0, 0.05) is 0 Å². The Kier molecular flexibility index (Phi) is 12.0. The van der Waals surface area contributed by atoms with Gasteiger partial charge in [0.05, 0.1) is 0 Å². The quantitative estimate of drug-likeness (QED) is 0.290. The molecule has 17 heavy (non-hydrogen) atoms. The zero-order chi connectivity index (χ0) is 12.9. The Bertz CT molecular complexity index is 165. The molecule has 0 amide bonds. The zero-order valence-electron chi connectivity index (χ0n) is 12.7. The minimum atomic E-state index is 0.848. The van der Waals surface area contributed by atoms with E-state index in [-0.39, 0.29) is 0 Å². The van der Waals surface area contributed by atoms with Gasteiger partial charge in [-0.3, -0.25) is 0 Å². The largest absolute Gasteiger partial charge is 0.0885 e. The van der Waals surface area contributed by atoms with Gasteiger partial charge in [-0.15, -0.1) is 0 Å². The Morgan fingerprint density at radius 3 is 1.76 bits per heavy atom. The van der Waals surface area contributed by atoms with Crippen LogP contribution in [0.3, 0.4) is 0 Å². The number of allylic oxidation sites excluding steroid dienone is 2. The van der Waals surface area contributed by atoms with Crippen LogP contribution in [-0.4, -0.2) is 0 Å². The molecule has 0 aromatic heterocycles. The fraction of sp³-hybridized carbons (Fsp3) is 0.882. The van der Waals surface area contributed by atoms with Crippen molar-refractivity contribution < 1.29 is 0 Å². The van der Waals surface area contributed by atoms with Crippen molar-refractivity contribution in [1.82, 2.24) is 0 Å². The van der Waals surface area contributed by atoms with Gasteiger partial charge in [0.25, 0.3) is 0 Å². The summed E-state index contributed by atoms with van der Waals surface area (Å²) >= 11 is 0. The first-order valence-corrected chi connectivity index (χ1v) is 7.78. The first-order valence-electron chi connectivity index (χ1n) is 7.78. The molecular formula is C17H34. The highest BCUT2D eigenvalue weighted by molar-refractivity contribution is 4.81. The second-order valence-corrected chi connectivity index (χ2v) is 6.18. The van der Waals surface area contributed by atoms with Crippen LogP contribution in [0, 0.1) is 11.8 Å². The van der Waals surface area contributed by atoms with Crippen LogP contribution in [0.15, 0.2) is 12.2 Å². The summed E-state index contributed by atoms with van der Waals surface area (Å²) in [5.74, 6) is 1.74. The third-order valence-electron chi connectivity index (χ3n) is 3.23. The van der Waals surface area contributed by atoms with E-state index < -0.39 is 0 Å². The predicted molar refractivity (Wildman–Crippen MR) is 80.4 cm³/mol. The molecule has 0 rings (SSSR count). The number of hydrogen-bond acceptors (Lipinski definition) is 0. The Morgan fingerprint density at radius 1 is 0.588 bits per heavy atom. The van der Waals surface area contributed by atoms with Crippen molar-refractivity contribution in [2.24, 2.45) is 11.8 Å². The van der Waals surface area contributed by atoms with Crippen LogP contribution in [0.2, 0.25) is 0 Å². The third kappa shape index (κ3) is 15.7. The molecule has 0 aliphatic heterocycles. The molecule has 0 spiro atoms. The second kappa shape index (κ2) is 12.2. The molecule has 0 radical (unpaired) electrons. The monoisotopic (exact) mass is 238 g/mol. The van der Waals surface area contributed by atoms with Crippen LogP contribution in [0.1, 0.15) is 85.5 Å². The van der Waals surface area contributed by atoms with E-state index in [1.54, 1.807) is 0 Å². The summed E-state index contributed by atoms with van der Waals surface area (Å²) in [5.41, 5.74) is 0. The van der Waals surface area contributed by atoms with E-state index in [0.29, 0.717) is 0 Å². The van der Waals surface area contributed by atoms with Gasteiger partial charge < -0.3 is 0 Å². The topological polar surface area (TPSA) is 0 Å². The molecule has 0 unspecified atom stereocenters. The average Bonchev–Trinajstić information content (AvgIpc) is 2.25. The fourth-order valence-electron chi connectivity index (χ4n) is 2.01. The van der Waals surface area contributed by atoms with Crippen molar-refractivity contribution in [3.05, 3.63) is 12.2 Å². The van der Waals surface area contributed by atoms with Gasteiger partial charge in [-0.05, 0) is 37.5 Å². The molecule has 0 fully saturated rings. The number of rotatable bonds is 11. The molecular weight excluding hydrogens is 204 g/mol. The summed E-state index contributed by atoms with van der Waals surface area (Å²) in [6, 6.07) is 0. The number of unbranched alkanes of at least 4 members (excludes halogenated alkanes) is 5. The summed E-state index contributed by atoms with van der Waals surface area (Å²) in [5, 5.41) is 0. The summed E-state index contributed by atoms with van der Waals surface area (Å²) in [6.07, 6.45) is 17.2. The summed E-state index contributed by atoms with van der Waals surface area (Å²) in [7, 11) is 0. The van der Waals surface area contributed by atoms with Crippen molar-refractivity contribution in [3.63, 3.8) is 0 Å². The zero-order valence-corrected chi connectivity index (χ0v) is 12.7. The molecule has 102 valence electrons. The maximum Gasteiger partial charge on any atom is -0.0348 e. The van der Waals surface area contributed by atoms with E-state index in [0.717, 1.165) is 11.8 Å². The van der Waals surface area contributed by atoms with E-state index in [9.17, 15) is 0 Å². The van der Waals surface area contributed by atoms with Crippen LogP contribution in [0.25, 0.3) is 0 Å². The molecule has 0 aliphatic carbocycles. The lowest BCUT2D eigenvalue weighted by atomic mass is 10.0. The van der Waals surface area contributed by atoms with Crippen LogP contribution >= 0.6 is 0 Å². The standard InChI is InChI=1S/C17H34/c1-16(2)14-12-10-8-6-5-7-9-11-13-15-17(3)4/h8,10,16-17H,5-7,9,11-15H2,1-4H3/b10-8+. The molecule has 0 aliphatic rings. The second-order valence-electron chi connectivity index (χ2n) is 6.18. The lowest BCUT2D eigenvalue weighted by Gasteiger charge is -2.03. The van der Waals surface area contributed by atoms with Gasteiger partial charge in [0.1, 0.15) is 0 Å². The molecule has 0 saturated carbocycles. The van der Waals surface area contributed by atoms with E-state index in [1.165, 1.54) is 57.8 Å². The smallest absolute Gasteiger partial charge is 0.0348 e. The van der Waals surface area contributed by atoms with Gasteiger partial charge in [0.2, 0.25) is 0 Å². The minimum absolute atomic E-state index is 0.848. The normalized spacial score (nSPS) is 12.1. The molecule has 0 saturated heterocycles. The molecule has 0 aromatic rings. The number of hydrogen-bond donors (Lipinski definition) is 0. The summed E-state index contributed by atoms with van der Waals surface area (Å²) in [6.45, 7) is 9.24. The van der Waals surface area contributed by atoms with Crippen molar-refractivity contribution in [1.29, 1.82) is 0 Å². The molecule has 0 aromatic carbocycles. The summed E-state index contributed by atoms with van der Waals surface area (Å²) in [4.78, 5) is 0. The van der Waals surface area contributed by atoms with Crippen LogP contribution in [0.5, 0.6) is 0 Å². The van der Waals surface area contributed by atoms with Gasteiger partial charge in [-0.2, -0.15) is 0 Å². The maximum atomic E-state index is 2.39. The molecule has 0 bridgehead atoms. The molecule has 0 N–H and O–H groups in total. The first kappa shape index (κ1) is 16.7. The molecule has 0 heterocycles. The Labute approximate surface area is 110 Å². The van der Waals surface area contributed by atoms with Crippen molar-refractivity contribution in [2.75, 3.05) is 0 Å². The predicted octanol–water partition coefficient (Wildman–Crippen LogP) is 6.37. The van der Waals surface area contributed by atoms with Crippen LogP contribution < -0.4 is 0 Å². The van der Waals surface area contributed by atoms with E-state index in [4.69, 9.17) is 0 Å². The molecule has 0 nitrogen and oxygen atoms in total. The molecule has 0 heteroatoms. The van der Waals surface area contributed by atoms with Crippen LogP contribution in [-0.2, 0) is 0 Å². The van der Waals surface area contributed by atoms with Gasteiger partial charge in [0.15, 0.2) is 0 Å². The lowest BCUT2D eigenvalue weighted by molar-refractivity contribution is 0.516. The van der Waals surface area contributed by atoms with E-state index in [1.807, 2.05) is 0 Å². The van der Waals surface area contributed by atoms with Crippen molar-refractivity contribution >= 4 is 0 Å². The Balaban J connectivity index is 3.08. The average molecular weight is 238 g/mol. The van der Waals surface area contributed by atoms with E-state index >= 15 is 0 Å². The van der Waals surface area contributed by atoms with Crippen molar-refractivity contribution in [3.8, 4) is 0 Å². The highest BCUT2D eigenvalue weighted by Gasteiger charge is 1.94. The maximum absolute atomic E-state index is 2.39. The minimum Gasteiger partial charge on any atom is -0.0885 e. The Morgan fingerprint density at radius 2 is 1.12 bits per heavy atom. The van der Waals surface area contributed by atoms with Gasteiger partial charge in [-0.1, -0.05) is 72.0 Å². The fourth-order valence-corrected chi connectivity index (χ4v) is 2.01. The van der Waals surface area contributed by atoms with Crippen LogP contribution in [0.4, 0.5) is 0 Å². The van der Waals surface area contributed by atoms with Gasteiger partial charge >= 0.3 is 0 Å². The highest BCUT2D eigenvalue weighted by Crippen LogP contribution is 2.11. The van der Waals surface area contributed by atoms with Crippen molar-refractivity contribution in [2.45, 2.75) is 85.5 Å². The highest BCUT2D eigenvalue weighted by atomic mass is 14.0. The van der Waals surface area contributed by atoms with Gasteiger partial charge in [-0.25, -0.2) is 0 Å². The summed E-state index contributed by atoms with van der Waals surface area (Å²) < 4.78 is 0. The first-order chi connectivity index (χ1) is 8.13. The molecule has 0 atom stereocenters. The Hall–Kier alpha value is -0.260.